The van der Waals surface area contributed by atoms with Gasteiger partial charge in [-0.1, -0.05) is 30.3 Å². The highest BCUT2D eigenvalue weighted by molar-refractivity contribution is 5.45. The minimum atomic E-state index is -0.318. The van der Waals surface area contributed by atoms with Crippen molar-refractivity contribution in [2.75, 3.05) is 5.32 Å². The second kappa shape index (κ2) is 4.75. The molecule has 0 saturated carbocycles. The van der Waals surface area contributed by atoms with Gasteiger partial charge < -0.3 is 5.32 Å². The van der Waals surface area contributed by atoms with Gasteiger partial charge in [0.25, 0.3) is 0 Å². The molecule has 0 unspecified atom stereocenters. The summed E-state index contributed by atoms with van der Waals surface area (Å²) in [7, 11) is 0. The van der Waals surface area contributed by atoms with Gasteiger partial charge in [0.2, 0.25) is 0 Å². The molecule has 1 N–H and O–H groups in total. The minimum Gasteiger partial charge on any atom is -0.379 e. The van der Waals surface area contributed by atoms with Crippen molar-refractivity contribution in [3.63, 3.8) is 0 Å². The van der Waals surface area contributed by atoms with Crippen LogP contribution in [0.2, 0.25) is 0 Å². The first-order valence-corrected chi connectivity index (χ1v) is 5.15. The molecule has 0 fully saturated rings. The maximum absolute atomic E-state index is 13.3. The van der Waals surface area contributed by atoms with E-state index in [0.29, 0.717) is 12.2 Å². The van der Waals surface area contributed by atoms with Crippen molar-refractivity contribution < 1.29 is 4.39 Å². The molecule has 2 aromatic rings. The van der Waals surface area contributed by atoms with Crippen molar-refractivity contribution in [3.8, 4) is 0 Å². The van der Waals surface area contributed by atoms with E-state index in [1.54, 1.807) is 6.07 Å². The first kappa shape index (κ1) is 10.6. The number of anilines is 1. The highest BCUT2D eigenvalue weighted by atomic mass is 19.1. The van der Waals surface area contributed by atoms with Gasteiger partial charge in [-0.05, 0) is 18.6 Å². The van der Waals surface area contributed by atoms with Gasteiger partial charge in [0.05, 0.1) is 11.9 Å². The highest BCUT2D eigenvalue weighted by Crippen LogP contribution is 2.14. The molecule has 0 aliphatic heterocycles. The monoisotopic (exact) mass is 216 g/mol. The van der Waals surface area contributed by atoms with Gasteiger partial charge in [0, 0.05) is 12.2 Å². The van der Waals surface area contributed by atoms with Crippen LogP contribution in [0.4, 0.5) is 10.1 Å². The van der Waals surface area contributed by atoms with Crippen molar-refractivity contribution >= 4 is 5.69 Å². The van der Waals surface area contributed by atoms with Crippen LogP contribution in [0.25, 0.3) is 0 Å². The van der Waals surface area contributed by atoms with Crippen LogP contribution in [-0.4, -0.2) is 4.98 Å². The normalized spacial score (nSPS) is 10.1. The average molecular weight is 216 g/mol. The molecule has 16 heavy (non-hydrogen) atoms. The highest BCUT2D eigenvalue weighted by Gasteiger charge is 2.02. The van der Waals surface area contributed by atoms with E-state index in [9.17, 15) is 4.39 Å². The van der Waals surface area contributed by atoms with Crippen molar-refractivity contribution in [1.82, 2.24) is 4.98 Å². The lowest BCUT2D eigenvalue weighted by Gasteiger charge is -2.07. The van der Waals surface area contributed by atoms with Gasteiger partial charge in [-0.15, -0.1) is 0 Å². The van der Waals surface area contributed by atoms with Crippen LogP contribution >= 0.6 is 0 Å². The van der Waals surface area contributed by atoms with Crippen LogP contribution in [0, 0.1) is 12.7 Å². The van der Waals surface area contributed by atoms with Gasteiger partial charge in [-0.2, -0.15) is 0 Å². The number of nitrogens with one attached hydrogen (secondary N) is 1. The molecule has 0 spiro atoms. The molecule has 0 atom stereocenters. The predicted octanol–water partition coefficient (Wildman–Crippen LogP) is 3.14. The van der Waals surface area contributed by atoms with Gasteiger partial charge in [0.1, 0.15) is 0 Å². The fraction of sp³-hybridized carbons (Fsp3) is 0.154. The van der Waals surface area contributed by atoms with E-state index in [0.717, 1.165) is 11.3 Å². The zero-order valence-corrected chi connectivity index (χ0v) is 9.07. The Morgan fingerprint density at radius 2 is 2.00 bits per heavy atom. The van der Waals surface area contributed by atoms with E-state index in [1.807, 2.05) is 37.3 Å². The molecule has 0 amide bonds. The van der Waals surface area contributed by atoms with E-state index in [1.165, 1.54) is 6.20 Å². The average Bonchev–Trinajstić information content (AvgIpc) is 2.32. The third kappa shape index (κ3) is 2.57. The van der Waals surface area contributed by atoms with Gasteiger partial charge in [0.15, 0.2) is 5.82 Å². The molecule has 3 heteroatoms. The Hall–Kier alpha value is -1.90. The summed E-state index contributed by atoms with van der Waals surface area (Å²) in [4.78, 5) is 3.88. The van der Waals surface area contributed by atoms with E-state index in [2.05, 4.69) is 10.3 Å². The summed E-state index contributed by atoms with van der Waals surface area (Å²) in [5.41, 5.74) is 2.42. The number of hydrogen-bond donors (Lipinski definition) is 1. The van der Waals surface area contributed by atoms with Crippen LogP contribution in [0.3, 0.4) is 0 Å². The fourth-order valence-corrected chi connectivity index (χ4v) is 1.47. The quantitative estimate of drug-likeness (QED) is 0.852. The van der Waals surface area contributed by atoms with Crippen LogP contribution in [0.1, 0.15) is 11.3 Å². The predicted molar refractivity (Wildman–Crippen MR) is 62.7 cm³/mol. The van der Waals surface area contributed by atoms with Crippen LogP contribution in [0.15, 0.2) is 42.6 Å². The number of aryl methyl sites for hydroxylation is 1. The molecular weight excluding hydrogens is 203 g/mol. The van der Waals surface area contributed by atoms with E-state index in [-0.39, 0.29) is 5.82 Å². The van der Waals surface area contributed by atoms with Crippen LogP contribution in [-0.2, 0) is 6.54 Å². The lowest BCUT2D eigenvalue weighted by atomic mass is 10.2. The topological polar surface area (TPSA) is 24.9 Å². The van der Waals surface area contributed by atoms with Crippen LogP contribution in [0.5, 0.6) is 0 Å². The number of aromatic nitrogens is 1. The summed E-state index contributed by atoms with van der Waals surface area (Å²) in [6.07, 6.45) is 1.24. The Balaban J connectivity index is 2.08. The molecule has 0 radical (unpaired) electrons. The molecule has 1 aromatic carbocycles. The molecule has 2 rings (SSSR count). The summed E-state index contributed by atoms with van der Waals surface area (Å²) in [5, 5.41) is 3.06. The zero-order chi connectivity index (χ0) is 11.4. The second-order valence-electron chi connectivity index (χ2n) is 3.64. The zero-order valence-electron chi connectivity index (χ0n) is 9.07. The fourth-order valence-electron chi connectivity index (χ4n) is 1.47. The molecule has 0 bridgehead atoms. The third-order valence-electron chi connectivity index (χ3n) is 2.32. The van der Waals surface area contributed by atoms with E-state index in [4.69, 9.17) is 0 Å². The summed E-state index contributed by atoms with van der Waals surface area (Å²) in [6.45, 7) is 2.45. The Labute approximate surface area is 94.2 Å². The largest absolute Gasteiger partial charge is 0.379 e. The van der Waals surface area contributed by atoms with Gasteiger partial charge in [-0.25, -0.2) is 4.39 Å². The number of nitrogens with zero attached hydrogens (tertiary/aromatic N) is 1. The maximum atomic E-state index is 13.3. The standard InChI is InChI=1S/C13H13FN2/c1-10-7-13(12(14)9-15-10)16-8-11-5-3-2-4-6-11/h2-7,9H,8H2,1H3,(H,15,16). The van der Waals surface area contributed by atoms with E-state index < -0.39 is 0 Å². The Kier molecular flexibility index (Phi) is 3.15. The SMILES string of the molecule is Cc1cc(NCc2ccccc2)c(F)cn1. The second-order valence-corrected chi connectivity index (χ2v) is 3.64. The van der Waals surface area contributed by atoms with Crippen molar-refractivity contribution in [2.45, 2.75) is 13.5 Å². The first-order chi connectivity index (χ1) is 7.75. The number of rotatable bonds is 3. The maximum Gasteiger partial charge on any atom is 0.164 e. The van der Waals surface area contributed by atoms with Crippen LogP contribution < -0.4 is 5.32 Å². The summed E-state index contributed by atoms with van der Waals surface area (Å²) < 4.78 is 13.3. The molecule has 2 nitrogen and oxygen atoms in total. The lowest BCUT2D eigenvalue weighted by molar-refractivity contribution is 0.622. The number of benzene rings is 1. The Morgan fingerprint density at radius 3 is 2.75 bits per heavy atom. The Bertz CT molecular complexity index is 469. The number of pyridine rings is 1. The van der Waals surface area contributed by atoms with Crippen molar-refractivity contribution in [1.29, 1.82) is 0 Å². The molecule has 82 valence electrons. The van der Waals surface area contributed by atoms with Gasteiger partial charge in [-0.3, -0.25) is 4.98 Å². The smallest absolute Gasteiger partial charge is 0.164 e. The Morgan fingerprint density at radius 1 is 1.25 bits per heavy atom. The summed E-state index contributed by atoms with van der Waals surface area (Å²) >= 11 is 0. The molecular formula is C13H13FN2. The summed E-state index contributed by atoms with van der Waals surface area (Å²) in [6, 6.07) is 11.6. The minimum absolute atomic E-state index is 0.318. The van der Waals surface area contributed by atoms with Crippen molar-refractivity contribution in [3.05, 3.63) is 59.7 Å². The van der Waals surface area contributed by atoms with Gasteiger partial charge >= 0.3 is 0 Å². The third-order valence-corrected chi connectivity index (χ3v) is 2.32. The molecule has 1 heterocycles. The first-order valence-electron chi connectivity index (χ1n) is 5.15. The number of halogens is 1. The van der Waals surface area contributed by atoms with E-state index >= 15 is 0 Å². The lowest BCUT2D eigenvalue weighted by Crippen LogP contribution is -2.02. The molecule has 1 aromatic heterocycles. The number of hydrogen-bond acceptors (Lipinski definition) is 2. The van der Waals surface area contributed by atoms with Crippen molar-refractivity contribution in [2.24, 2.45) is 0 Å². The molecule has 0 aliphatic rings. The summed E-state index contributed by atoms with van der Waals surface area (Å²) in [5.74, 6) is -0.318. The molecule has 0 saturated heterocycles. The molecule has 0 aliphatic carbocycles.